The Bertz CT molecular complexity index is 1220. The Morgan fingerprint density at radius 3 is 2.16 bits per heavy atom. The smallest absolute Gasteiger partial charge is 0.304 e. The van der Waals surface area contributed by atoms with Gasteiger partial charge in [0.2, 0.25) is 11.8 Å². The average Bonchev–Trinajstić information content (AvgIpc) is 2.87. The molecule has 0 saturated heterocycles. The summed E-state index contributed by atoms with van der Waals surface area (Å²) < 4.78 is 41.8. The molecule has 1 aliphatic carbocycles. The lowest BCUT2D eigenvalue weighted by molar-refractivity contribution is -0.139. The van der Waals surface area contributed by atoms with Gasteiger partial charge in [-0.2, -0.15) is 12.7 Å². The molecule has 0 spiro atoms. The Hall–Kier alpha value is -2.40. The molecule has 2 aromatic rings. The summed E-state index contributed by atoms with van der Waals surface area (Å²) in [5.74, 6) is -1.55. The molecule has 1 aliphatic rings. The zero-order valence-electron chi connectivity index (χ0n) is 21.7. The normalized spacial score (nSPS) is 15.2. The molecule has 208 valence electrons. The summed E-state index contributed by atoms with van der Waals surface area (Å²) in [5, 5.41) is 3.65. The number of nitrogens with one attached hydrogen (secondary N) is 1. The lowest BCUT2D eigenvalue weighted by atomic mass is 9.95. The Balaban J connectivity index is 1.95. The highest BCUT2D eigenvalue weighted by Crippen LogP contribution is 2.28. The molecule has 1 N–H and O–H groups in total. The van der Waals surface area contributed by atoms with Gasteiger partial charge in [0, 0.05) is 42.3 Å². The molecular weight excluding hydrogens is 554 g/mol. The van der Waals surface area contributed by atoms with E-state index < -0.39 is 34.5 Å². The third kappa shape index (κ3) is 7.37. The first-order valence-corrected chi connectivity index (χ1v) is 14.6. The van der Waals surface area contributed by atoms with Crippen LogP contribution in [0.5, 0.6) is 0 Å². The zero-order chi connectivity index (χ0) is 28.0. The summed E-state index contributed by atoms with van der Waals surface area (Å²) in [4.78, 5) is 28.3. The van der Waals surface area contributed by atoms with Crippen molar-refractivity contribution in [2.24, 2.45) is 0 Å². The molecular formula is C26H33Cl2FN4O4S. The number of carbonyl (C=O) groups is 2. The molecule has 1 fully saturated rings. The van der Waals surface area contributed by atoms with Gasteiger partial charge in [-0.05, 0) is 56.2 Å². The van der Waals surface area contributed by atoms with Crippen molar-refractivity contribution in [3.8, 4) is 0 Å². The number of benzene rings is 2. The number of rotatable bonds is 10. The van der Waals surface area contributed by atoms with E-state index in [0.29, 0.717) is 15.6 Å². The zero-order valence-corrected chi connectivity index (χ0v) is 24.0. The first-order valence-electron chi connectivity index (χ1n) is 12.4. The maximum atomic E-state index is 13.8. The van der Waals surface area contributed by atoms with E-state index in [1.165, 1.54) is 31.1 Å². The fourth-order valence-corrected chi connectivity index (χ4v) is 5.90. The van der Waals surface area contributed by atoms with Gasteiger partial charge in [-0.15, -0.1) is 0 Å². The van der Waals surface area contributed by atoms with Gasteiger partial charge in [0.15, 0.2) is 0 Å². The Morgan fingerprint density at radius 1 is 1.03 bits per heavy atom. The summed E-state index contributed by atoms with van der Waals surface area (Å²) in [6, 6.07) is 8.76. The highest BCUT2D eigenvalue weighted by Gasteiger charge is 2.34. The minimum atomic E-state index is -4.15. The molecule has 0 heterocycles. The van der Waals surface area contributed by atoms with Crippen LogP contribution in [-0.4, -0.2) is 62.2 Å². The second-order valence-corrected chi connectivity index (χ2v) is 12.4. The van der Waals surface area contributed by atoms with Crippen LogP contribution in [0, 0.1) is 5.82 Å². The maximum Gasteiger partial charge on any atom is 0.304 e. The number of carbonyl (C=O) groups excluding carboxylic acids is 2. The number of halogens is 3. The SMILES string of the molecule is C[C@@H](C(=O)NC1CCCCC1)N(Cc1c(Cl)cccc1Cl)C(=O)CN(c1ccc(F)cc1)S(=O)(=O)N(C)C. The lowest BCUT2D eigenvalue weighted by Crippen LogP contribution is -2.53. The van der Waals surface area contributed by atoms with Crippen LogP contribution in [0.1, 0.15) is 44.6 Å². The van der Waals surface area contributed by atoms with Crippen LogP contribution < -0.4 is 9.62 Å². The number of anilines is 1. The molecule has 1 saturated carbocycles. The van der Waals surface area contributed by atoms with E-state index >= 15 is 0 Å². The Morgan fingerprint density at radius 2 is 1.61 bits per heavy atom. The van der Waals surface area contributed by atoms with Crippen LogP contribution in [0.2, 0.25) is 10.0 Å². The summed E-state index contributed by atoms with van der Waals surface area (Å²) in [5.41, 5.74) is 0.536. The van der Waals surface area contributed by atoms with Crippen LogP contribution in [0.4, 0.5) is 10.1 Å². The first-order chi connectivity index (χ1) is 17.9. The van der Waals surface area contributed by atoms with E-state index in [4.69, 9.17) is 23.2 Å². The summed E-state index contributed by atoms with van der Waals surface area (Å²) in [6.07, 6.45) is 4.89. The van der Waals surface area contributed by atoms with Crippen LogP contribution >= 0.6 is 23.2 Å². The van der Waals surface area contributed by atoms with E-state index in [2.05, 4.69) is 5.32 Å². The van der Waals surface area contributed by atoms with Crippen molar-refractivity contribution < 1.29 is 22.4 Å². The summed E-state index contributed by atoms with van der Waals surface area (Å²) in [7, 11) is -1.48. The number of hydrogen-bond acceptors (Lipinski definition) is 4. The average molecular weight is 588 g/mol. The minimum Gasteiger partial charge on any atom is -0.352 e. The van der Waals surface area contributed by atoms with Crippen molar-refractivity contribution >= 4 is 50.9 Å². The highest BCUT2D eigenvalue weighted by atomic mass is 35.5. The standard InChI is InChI=1S/C26H33Cl2FN4O4S/c1-18(26(35)30-20-8-5-4-6-9-20)32(16-22-23(27)10-7-11-24(22)28)25(34)17-33(38(36,37)31(2)3)21-14-12-19(29)13-15-21/h7,10-15,18,20H,4-6,8-9,16-17H2,1-3H3,(H,30,35)/t18-/m0/s1. The molecule has 0 unspecified atom stereocenters. The second-order valence-electron chi connectivity index (χ2n) is 9.51. The molecule has 3 rings (SSSR count). The Kier molecular flexibility index (Phi) is 10.4. The molecule has 0 aromatic heterocycles. The number of amides is 2. The molecule has 0 bridgehead atoms. The number of hydrogen-bond donors (Lipinski definition) is 1. The van der Waals surface area contributed by atoms with E-state index in [-0.39, 0.29) is 24.2 Å². The number of nitrogens with zero attached hydrogens (tertiary/aromatic N) is 3. The van der Waals surface area contributed by atoms with Crippen molar-refractivity contribution in [1.29, 1.82) is 0 Å². The quantitative estimate of drug-likeness (QED) is 0.440. The van der Waals surface area contributed by atoms with E-state index in [1.807, 2.05) is 0 Å². The van der Waals surface area contributed by atoms with Gasteiger partial charge < -0.3 is 10.2 Å². The fourth-order valence-electron chi connectivity index (χ4n) is 4.33. The van der Waals surface area contributed by atoms with Crippen molar-refractivity contribution in [3.63, 3.8) is 0 Å². The third-order valence-electron chi connectivity index (χ3n) is 6.64. The van der Waals surface area contributed by atoms with E-state index in [0.717, 1.165) is 52.8 Å². The van der Waals surface area contributed by atoms with Crippen LogP contribution in [0.3, 0.4) is 0 Å². The van der Waals surface area contributed by atoms with Gasteiger partial charge in [-0.3, -0.25) is 9.59 Å². The van der Waals surface area contributed by atoms with Crippen LogP contribution in [-0.2, 0) is 26.3 Å². The van der Waals surface area contributed by atoms with Gasteiger partial charge >= 0.3 is 10.2 Å². The van der Waals surface area contributed by atoms with E-state index in [1.54, 1.807) is 25.1 Å². The van der Waals surface area contributed by atoms with Gasteiger partial charge in [0.25, 0.3) is 0 Å². The van der Waals surface area contributed by atoms with Crippen LogP contribution in [0.15, 0.2) is 42.5 Å². The monoisotopic (exact) mass is 586 g/mol. The molecule has 2 amide bonds. The van der Waals surface area contributed by atoms with Gasteiger partial charge in [0.05, 0.1) is 5.69 Å². The van der Waals surface area contributed by atoms with Crippen molar-refractivity contribution in [2.45, 2.75) is 57.7 Å². The highest BCUT2D eigenvalue weighted by molar-refractivity contribution is 7.90. The second kappa shape index (κ2) is 13.1. The maximum absolute atomic E-state index is 13.8. The molecule has 2 aromatic carbocycles. The summed E-state index contributed by atoms with van der Waals surface area (Å²) >= 11 is 12.8. The molecule has 0 radical (unpaired) electrons. The lowest BCUT2D eigenvalue weighted by Gasteiger charge is -2.34. The molecule has 0 aliphatic heterocycles. The minimum absolute atomic E-state index is 0.0179. The molecule has 8 nitrogen and oxygen atoms in total. The predicted octanol–water partition coefficient (Wildman–Crippen LogP) is 4.61. The van der Waals surface area contributed by atoms with Crippen molar-refractivity contribution in [3.05, 3.63) is 63.9 Å². The van der Waals surface area contributed by atoms with Gasteiger partial charge in [0.1, 0.15) is 18.4 Å². The molecule has 38 heavy (non-hydrogen) atoms. The van der Waals surface area contributed by atoms with Crippen LogP contribution in [0.25, 0.3) is 0 Å². The topological polar surface area (TPSA) is 90.0 Å². The predicted molar refractivity (Wildman–Crippen MR) is 148 cm³/mol. The largest absolute Gasteiger partial charge is 0.352 e. The van der Waals surface area contributed by atoms with Gasteiger partial charge in [-0.25, -0.2) is 8.70 Å². The molecule has 12 heteroatoms. The van der Waals surface area contributed by atoms with Crippen molar-refractivity contribution in [2.75, 3.05) is 24.9 Å². The van der Waals surface area contributed by atoms with Crippen molar-refractivity contribution in [1.82, 2.24) is 14.5 Å². The fraction of sp³-hybridized carbons (Fsp3) is 0.462. The molecule has 1 atom stereocenters. The van der Waals surface area contributed by atoms with E-state index in [9.17, 15) is 22.4 Å². The van der Waals surface area contributed by atoms with Gasteiger partial charge in [-0.1, -0.05) is 48.5 Å². The Labute approximate surface area is 233 Å². The first kappa shape index (κ1) is 30.1. The third-order valence-corrected chi connectivity index (χ3v) is 9.17. The summed E-state index contributed by atoms with van der Waals surface area (Å²) in [6.45, 7) is 0.842.